The molecule has 0 unspecified atom stereocenters. The lowest BCUT2D eigenvalue weighted by Crippen LogP contribution is -2.19. The molecule has 5 nitrogen and oxygen atoms in total. The van der Waals surface area contributed by atoms with Gasteiger partial charge in [-0.15, -0.1) is 0 Å². The maximum absolute atomic E-state index is 11.1. The van der Waals surface area contributed by atoms with Gasteiger partial charge in [0.1, 0.15) is 5.78 Å². The Morgan fingerprint density at radius 3 is 2.88 bits per heavy atom. The summed E-state index contributed by atoms with van der Waals surface area (Å²) in [6, 6.07) is 6.54. The Balaban J connectivity index is 2.07. The lowest BCUT2D eigenvalue weighted by molar-refractivity contribution is -0.384. The molecule has 0 aromatic heterocycles. The molecular formula is C11H12N2O3. The zero-order chi connectivity index (χ0) is 11.5. The molecule has 2 rings (SSSR count). The van der Waals surface area contributed by atoms with E-state index in [2.05, 4.69) is 0 Å². The Labute approximate surface area is 92.8 Å². The maximum atomic E-state index is 11.1. The fourth-order valence-electron chi connectivity index (χ4n) is 1.85. The van der Waals surface area contributed by atoms with E-state index >= 15 is 0 Å². The van der Waals surface area contributed by atoms with Gasteiger partial charge in [-0.2, -0.15) is 0 Å². The number of nitro benzene ring substituents is 1. The van der Waals surface area contributed by atoms with Crippen LogP contribution < -0.4 is 0 Å². The van der Waals surface area contributed by atoms with Gasteiger partial charge in [-0.05, 0) is 5.56 Å². The SMILES string of the molecule is O=C1CCN(Cc2cccc([N+](=O)[O-])c2)C1. The van der Waals surface area contributed by atoms with Crippen molar-refractivity contribution < 1.29 is 9.72 Å². The lowest BCUT2D eigenvalue weighted by atomic mass is 10.2. The summed E-state index contributed by atoms with van der Waals surface area (Å²) in [5.74, 6) is 0.241. The number of carbonyl (C=O) groups excluding carboxylic acids is 1. The average molecular weight is 220 g/mol. The summed E-state index contributed by atoms with van der Waals surface area (Å²) >= 11 is 0. The van der Waals surface area contributed by atoms with E-state index < -0.39 is 4.92 Å². The van der Waals surface area contributed by atoms with Crippen LogP contribution in [-0.4, -0.2) is 28.7 Å². The fraction of sp³-hybridized carbons (Fsp3) is 0.364. The molecule has 0 atom stereocenters. The van der Waals surface area contributed by atoms with Crippen molar-refractivity contribution in [3.05, 3.63) is 39.9 Å². The number of Topliss-reactive ketones (excluding diaryl/α,β-unsaturated/α-hetero) is 1. The number of benzene rings is 1. The number of nitrogens with zero attached hydrogens (tertiary/aromatic N) is 2. The van der Waals surface area contributed by atoms with E-state index in [9.17, 15) is 14.9 Å². The van der Waals surface area contributed by atoms with E-state index in [1.165, 1.54) is 6.07 Å². The molecule has 0 spiro atoms. The number of likely N-dealkylation sites (tertiary alicyclic amines) is 1. The van der Waals surface area contributed by atoms with Crippen molar-refractivity contribution in [1.29, 1.82) is 0 Å². The Kier molecular flexibility index (Phi) is 2.96. The lowest BCUT2D eigenvalue weighted by Gasteiger charge is -2.12. The third kappa shape index (κ3) is 2.43. The summed E-state index contributed by atoms with van der Waals surface area (Å²) in [7, 11) is 0. The molecule has 1 saturated heterocycles. The number of hydrogen-bond donors (Lipinski definition) is 0. The van der Waals surface area contributed by atoms with Crippen LogP contribution in [0.15, 0.2) is 24.3 Å². The molecule has 0 amide bonds. The molecule has 1 aliphatic rings. The van der Waals surface area contributed by atoms with Gasteiger partial charge in [0.2, 0.25) is 0 Å². The van der Waals surface area contributed by atoms with Gasteiger partial charge in [0, 0.05) is 31.6 Å². The van der Waals surface area contributed by atoms with Gasteiger partial charge in [-0.1, -0.05) is 12.1 Å². The molecule has 1 aromatic rings. The molecule has 0 aliphatic carbocycles. The summed E-state index contributed by atoms with van der Waals surface area (Å²) in [6.45, 7) is 1.82. The first kappa shape index (κ1) is 10.8. The second-order valence-corrected chi connectivity index (χ2v) is 3.93. The quantitative estimate of drug-likeness (QED) is 0.570. The van der Waals surface area contributed by atoms with Gasteiger partial charge in [-0.25, -0.2) is 0 Å². The van der Waals surface area contributed by atoms with Crippen molar-refractivity contribution in [3.63, 3.8) is 0 Å². The predicted octanol–water partition coefficient (Wildman–Crippen LogP) is 1.37. The van der Waals surface area contributed by atoms with E-state index in [4.69, 9.17) is 0 Å². The van der Waals surface area contributed by atoms with E-state index in [1.54, 1.807) is 12.1 Å². The highest BCUT2D eigenvalue weighted by Crippen LogP contribution is 2.16. The van der Waals surface area contributed by atoms with Crippen LogP contribution >= 0.6 is 0 Å². The molecular weight excluding hydrogens is 208 g/mol. The minimum absolute atomic E-state index is 0.100. The third-order valence-corrected chi connectivity index (χ3v) is 2.63. The Morgan fingerprint density at radius 2 is 2.25 bits per heavy atom. The number of nitro groups is 1. The highest BCUT2D eigenvalue weighted by atomic mass is 16.6. The van der Waals surface area contributed by atoms with Crippen molar-refractivity contribution >= 4 is 11.5 Å². The Hall–Kier alpha value is -1.75. The molecule has 1 fully saturated rings. The molecule has 1 aliphatic heterocycles. The van der Waals surface area contributed by atoms with Crippen LogP contribution in [-0.2, 0) is 11.3 Å². The first-order valence-corrected chi connectivity index (χ1v) is 5.12. The topological polar surface area (TPSA) is 63.5 Å². The minimum Gasteiger partial charge on any atom is -0.298 e. The smallest absolute Gasteiger partial charge is 0.269 e. The molecule has 1 aromatic carbocycles. The molecule has 0 radical (unpaired) electrons. The summed E-state index contributed by atoms with van der Waals surface area (Å²) in [5, 5.41) is 10.6. The van der Waals surface area contributed by atoms with Gasteiger partial charge >= 0.3 is 0 Å². The van der Waals surface area contributed by atoms with Crippen molar-refractivity contribution in [1.82, 2.24) is 4.90 Å². The molecule has 5 heteroatoms. The number of ketones is 1. The predicted molar refractivity (Wildman–Crippen MR) is 58.0 cm³/mol. The number of hydrogen-bond acceptors (Lipinski definition) is 4. The highest BCUT2D eigenvalue weighted by Gasteiger charge is 2.19. The molecule has 0 saturated carbocycles. The minimum atomic E-state index is -0.404. The van der Waals surface area contributed by atoms with Crippen molar-refractivity contribution in [2.75, 3.05) is 13.1 Å². The van der Waals surface area contributed by atoms with Crippen LogP contribution in [0.25, 0.3) is 0 Å². The monoisotopic (exact) mass is 220 g/mol. The number of rotatable bonds is 3. The second-order valence-electron chi connectivity index (χ2n) is 3.93. The van der Waals surface area contributed by atoms with Crippen LogP contribution in [0.2, 0.25) is 0 Å². The van der Waals surface area contributed by atoms with Crippen LogP contribution in [0.1, 0.15) is 12.0 Å². The summed E-state index contributed by atoms with van der Waals surface area (Å²) < 4.78 is 0. The number of non-ortho nitro benzene ring substituents is 1. The summed E-state index contributed by atoms with van der Waals surface area (Å²) in [5.41, 5.74) is 0.979. The van der Waals surface area contributed by atoms with Crippen molar-refractivity contribution in [3.8, 4) is 0 Å². The average Bonchev–Trinajstić information content (AvgIpc) is 2.64. The largest absolute Gasteiger partial charge is 0.298 e. The molecule has 84 valence electrons. The van der Waals surface area contributed by atoms with Gasteiger partial charge in [0.05, 0.1) is 11.5 Å². The second kappa shape index (κ2) is 4.40. The van der Waals surface area contributed by atoms with Gasteiger partial charge < -0.3 is 0 Å². The van der Waals surface area contributed by atoms with E-state index in [1.807, 2.05) is 11.0 Å². The van der Waals surface area contributed by atoms with Crippen molar-refractivity contribution in [2.24, 2.45) is 0 Å². The zero-order valence-corrected chi connectivity index (χ0v) is 8.76. The highest BCUT2D eigenvalue weighted by molar-refractivity contribution is 5.82. The summed E-state index contributed by atoms with van der Waals surface area (Å²) in [4.78, 5) is 23.2. The van der Waals surface area contributed by atoms with Crippen LogP contribution in [0, 0.1) is 10.1 Å². The van der Waals surface area contributed by atoms with Gasteiger partial charge in [-0.3, -0.25) is 19.8 Å². The van der Waals surface area contributed by atoms with Gasteiger partial charge in [0.25, 0.3) is 5.69 Å². The fourth-order valence-corrected chi connectivity index (χ4v) is 1.85. The standard InChI is InChI=1S/C11H12N2O3/c14-11-4-5-12(8-11)7-9-2-1-3-10(6-9)13(15)16/h1-3,6H,4-5,7-8H2. The summed E-state index contributed by atoms with van der Waals surface area (Å²) in [6.07, 6.45) is 0.592. The Bertz CT molecular complexity index is 431. The normalized spacial score (nSPS) is 16.6. The number of carbonyl (C=O) groups is 1. The van der Waals surface area contributed by atoms with E-state index in [-0.39, 0.29) is 11.5 Å². The first-order valence-electron chi connectivity index (χ1n) is 5.12. The van der Waals surface area contributed by atoms with Crippen LogP contribution in [0.5, 0.6) is 0 Å². The first-order chi connectivity index (χ1) is 7.65. The van der Waals surface area contributed by atoms with E-state index in [0.717, 1.165) is 12.1 Å². The van der Waals surface area contributed by atoms with E-state index in [0.29, 0.717) is 19.5 Å². The molecule has 1 heterocycles. The van der Waals surface area contributed by atoms with Crippen LogP contribution in [0.3, 0.4) is 0 Å². The van der Waals surface area contributed by atoms with Crippen LogP contribution in [0.4, 0.5) is 5.69 Å². The molecule has 0 N–H and O–H groups in total. The third-order valence-electron chi connectivity index (χ3n) is 2.63. The maximum Gasteiger partial charge on any atom is 0.269 e. The Morgan fingerprint density at radius 1 is 1.44 bits per heavy atom. The van der Waals surface area contributed by atoms with Crippen molar-refractivity contribution in [2.45, 2.75) is 13.0 Å². The van der Waals surface area contributed by atoms with Gasteiger partial charge in [0.15, 0.2) is 0 Å². The molecule has 16 heavy (non-hydrogen) atoms. The zero-order valence-electron chi connectivity index (χ0n) is 8.76. The molecule has 0 bridgehead atoms.